The van der Waals surface area contributed by atoms with Crippen LogP contribution in [0.4, 0.5) is 5.82 Å². The molecule has 2 aliphatic rings. The largest absolute Gasteiger partial charge is 0.508 e. The molecule has 1 fully saturated rings. The maximum atomic E-state index is 11.9. The zero-order chi connectivity index (χ0) is 22.2. The van der Waals surface area contributed by atoms with Gasteiger partial charge in [-0.2, -0.15) is 0 Å². The molecule has 0 bridgehead atoms. The zero-order valence-electron chi connectivity index (χ0n) is 18.4. The molecule has 1 aliphatic carbocycles. The van der Waals surface area contributed by atoms with Gasteiger partial charge in [-0.1, -0.05) is 37.8 Å². The number of phenolic OH excluding ortho intramolecular Hbond substituents is 1. The number of aromatic hydroxyl groups is 1. The molecule has 2 aromatic carbocycles. The van der Waals surface area contributed by atoms with E-state index in [1.54, 1.807) is 6.33 Å². The second-order valence-corrected chi connectivity index (χ2v) is 8.89. The number of hydrogen-bond donors (Lipinski definition) is 1. The third-order valence-corrected chi connectivity index (χ3v) is 6.98. The van der Waals surface area contributed by atoms with Crippen LogP contribution in [0.2, 0.25) is 0 Å². The van der Waals surface area contributed by atoms with Gasteiger partial charge in [0.1, 0.15) is 17.9 Å². The van der Waals surface area contributed by atoms with Crippen molar-refractivity contribution in [3.05, 3.63) is 72.2 Å². The number of carbonyl (C=O) groups is 1. The molecule has 1 aliphatic heterocycles. The lowest BCUT2D eigenvalue weighted by molar-refractivity contribution is -0.126. The van der Waals surface area contributed by atoms with Crippen LogP contribution in [0.1, 0.15) is 29.7 Å². The van der Waals surface area contributed by atoms with E-state index in [2.05, 4.69) is 46.6 Å². The highest BCUT2D eigenvalue weighted by Crippen LogP contribution is 2.42. The van der Waals surface area contributed by atoms with E-state index >= 15 is 0 Å². The molecule has 1 N–H and O–H groups in total. The van der Waals surface area contributed by atoms with Crippen molar-refractivity contribution in [2.45, 2.75) is 25.7 Å². The van der Waals surface area contributed by atoms with Crippen molar-refractivity contribution in [2.24, 2.45) is 5.92 Å². The maximum Gasteiger partial charge on any atom is 0.246 e. The van der Waals surface area contributed by atoms with Gasteiger partial charge in [-0.25, -0.2) is 9.97 Å². The standard InChI is InChI=1S/C26H28N4O2/c1-3-25(32)29-8-10-30(11-9-29)26-23-12-17(2)21(15-24(23)27-16-28-26)22-14-19(31)13-18-6-4-5-7-20(18)22/h3-7,13-14,16-17,21,31H,1,8-12,15H2,2H3. The van der Waals surface area contributed by atoms with Crippen molar-refractivity contribution in [2.75, 3.05) is 31.1 Å². The van der Waals surface area contributed by atoms with Crippen LogP contribution in [0.15, 0.2) is 55.4 Å². The fourth-order valence-corrected chi connectivity index (χ4v) is 5.28. The van der Waals surface area contributed by atoms with Crippen molar-refractivity contribution in [3.8, 4) is 5.75 Å². The second kappa shape index (κ2) is 8.26. The van der Waals surface area contributed by atoms with Crippen molar-refractivity contribution in [1.82, 2.24) is 14.9 Å². The number of piperazine rings is 1. The van der Waals surface area contributed by atoms with Crippen molar-refractivity contribution in [3.63, 3.8) is 0 Å². The molecule has 0 radical (unpaired) electrons. The molecule has 164 valence electrons. The third kappa shape index (κ3) is 3.60. The first-order valence-electron chi connectivity index (χ1n) is 11.3. The second-order valence-electron chi connectivity index (χ2n) is 8.89. The van der Waals surface area contributed by atoms with Crippen molar-refractivity contribution >= 4 is 22.5 Å². The Bertz CT molecular complexity index is 1180. The highest BCUT2D eigenvalue weighted by molar-refractivity contribution is 5.88. The molecule has 2 heterocycles. The van der Waals surface area contributed by atoms with Crippen LogP contribution < -0.4 is 4.90 Å². The normalized spacial score (nSPS) is 20.8. The average molecular weight is 429 g/mol. The monoisotopic (exact) mass is 428 g/mol. The minimum atomic E-state index is -0.0100. The smallest absolute Gasteiger partial charge is 0.246 e. The van der Waals surface area contributed by atoms with E-state index in [1.807, 2.05) is 23.1 Å². The van der Waals surface area contributed by atoms with Gasteiger partial charge in [-0.15, -0.1) is 0 Å². The SMILES string of the molecule is C=CC(=O)N1CCN(c2ncnc3c2CC(C)C(c2cc(O)cc4ccccc24)C3)CC1. The van der Waals surface area contributed by atoms with E-state index in [-0.39, 0.29) is 11.8 Å². The molecule has 6 heteroatoms. The molecular formula is C26H28N4O2. The van der Waals surface area contributed by atoms with E-state index < -0.39 is 0 Å². The maximum absolute atomic E-state index is 11.9. The molecule has 1 saturated heterocycles. The Labute approximate surface area is 188 Å². The van der Waals surface area contributed by atoms with Gasteiger partial charge < -0.3 is 14.9 Å². The molecule has 1 aromatic heterocycles. The van der Waals surface area contributed by atoms with E-state index in [0.29, 0.717) is 24.8 Å². The number of phenols is 1. The molecule has 32 heavy (non-hydrogen) atoms. The number of anilines is 1. The summed E-state index contributed by atoms with van der Waals surface area (Å²) in [6.07, 6.45) is 4.78. The number of carbonyl (C=O) groups excluding carboxylic acids is 1. The van der Waals surface area contributed by atoms with Crippen LogP contribution in [0.3, 0.4) is 0 Å². The Morgan fingerprint density at radius 2 is 1.91 bits per heavy atom. The Kier molecular flexibility index (Phi) is 5.29. The number of rotatable bonds is 3. The van der Waals surface area contributed by atoms with Gasteiger partial charge in [-0.05, 0) is 59.2 Å². The molecule has 5 rings (SSSR count). The highest BCUT2D eigenvalue weighted by Gasteiger charge is 2.32. The first-order chi connectivity index (χ1) is 15.5. The first-order valence-corrected chi connectivity index (χ1v) is 11.3. The van der Waals surface area contributed by atoms with Gasteiger partial charge in [0.15, 0.2) is 0 Å². The zero-order valence-corrected chi connectivity index (χ0v) is 18.4. The highest BCUT2D eigenvalue weighted by atomic mass is 16.3. The Morgan fingerprint density at radius 3 is 2.69 bits per heavy atom. The van der Waals surface area contributed by atoms with Gasteiger partial charge in [0, 0.05) is 37.4 Å². The quantitative estimate of drug-likeness (QED) is 0.645. The summed E-state index contributed by atoms with van der Waals surface area (Å²) in [7, 11) is 0. The lowest BCUT2D eigenvalue weighted by Crippen LogP contribution is -2.49. The summed E-state index contributed by atoms with van der Waals surface area (Å²) in [6, 6.07) is 12.0. The first kappa shape index (κ1) is 20.5. The molecule has 1 amide bonds. The van der Waals surface area contributed by atoms with E-state index in [4.69, 9.17) is 0 Å². The summed E-state index contributed by atoms with van der Waals surface area (Å²) >= 11 is 0. The van der Waals surface area contributed by atoms with Crippen LogP contribution >= 0.6 is 0 Å². The molecule has 3 aromatic rings. The van der Waals surface area contributed by atoms with Gasteiger partial charge in [-0.3, -0.25) is 4.79 Å². The van der Waals surface area contributed by atoms with Gasteiger partial charge >= 0.3 is 0 Å². The number of fused-ring (bicyclic) bond motifs is 2. The Hall–Kier alpha value is -3.41. The van der Waals surface area contributed by atoms with Crippen LogP contribution in [0.5, 0.6) is 5.75 Å². The number of benzene rings is 2. The summed E-state index contributed by atoms with van der Waals surface area (Å²) in [6.45, 7) is 8.76. The fraction of sp³-hybridized carbons (Fsp3) is 0.346. The minimum absolute atomic E-state index is 0.0100. The summed E-state index contributed by atoms with van der Waals surface area (Å²) < 4.78 is 0. The summed E-state index contributed by atoms with van der Waals surface area (Å²) in [5.41, 5.74) is 3.51. The number of amides is 1. The summed E-state index contributed by atoms with van der Waals surface area (Å²) in [5.74, 6) is 1.98. The fourth-order valence-electron chi connectivity index (χ4n) is 5.28. The van der Waals surface area contributed by atoms with Crippen molar-refractivity contribution in [1.29, 1.82) is 0 Å². The molecule has 0 spiro atoms. The van der Waals surface area contributed by atoms with Crippen molar-refractivity contribution < 1.29 is 9.90 Å². The number of aromatic nitrogens is 2. The lowest BCUT2D eigenvalue weighted by Gasteiger charge is -2.38. The Balaban J connectivity index is 1.45. The average Bonchev–Trinajstić information content (AvgIpc) is 2.82. The summed E-state index contributed by atoms with van der Waals surface area (Å²) in [5, 5.41) is 12.6. The van der Waals surface area contributed by atoms with Crippen LogP contribution in [0.25, 0.3) is 10.8 Å². The van der Waals surface area contributed by atoms with Gasteiger partial charge in [0.2, 0.25) is 5.91 Å². The molecule has 0 saturated carbocycles. The minimum Gasteiger partial charge on any atom is -0.508 e. The molecule has 2 atom stereocenters. The van der Waals surface area contributed by atoms with Gasteiger partial charge in [0.25, 0.3) is 0 Å². The molecule has 2 unspecified atom stereocenters. The van der Waals surface area contributed by atoms with Crippen LogP contribution in [-0.2, 0) is 17.6 Å². The van der Waals surface area contributed by atoms with E-state index in [1.165, 1.54) is 22.6 Å². The van der Waals surface area contributed by atoms with Gasteiger partial charge in [0.05, 0.1) is 0 Å². The lowest BCUT2D eigenvalue weighted by atomic mass is 9.74. The topological polar surface area (TPSA) is 69.6 Å². The number of nitrogens with zero attached hydrogens (tertiary/aromatic N) is 4. The molecule has 6 nitrogen and oxygen atoms in total. The predicted octanol–water partition coefficient (Wildman–Crippen LogP) is 3.69. The molecular weight excluding hydrogens is 400 g/mol. The third-order valence-electron chi connectivity index (χ3n) is 6.98. The van der Waals surface area contributed by atoms with Crippen LogP contribution in [0, 0.1) is 5.92 Å². The number of hydrogen-bond acceptors (Lipinski definition) is 5. The predicted molar refractivity (Wildman–Crippen MR) is 126 cm³/mol. The van der Waals surface area contributed by atoms with E-state index in [0.717, 1.165) is 42.8 Å². The van der Waals surface area contributed by atoms with Crippen LogP contribution in [-0.4, -0.2) is 52.1 Å². The van der Waals surface area contributed by atoms with E-state index in [9.17, 15) is 9.90 Å². The Morgan fingerprint density at radius 1 is 1.12 bits per heavy atom. The summed E-state index contributed by atoms with van der Waals surface area (Å²) in [4.78, 5) is 25.4.